The average molecular weight is 235 g/mol. The fraction of sp³-hybridized carbons (Fsp3) is 0.600. The largest absolute Gasteiger partial charge is 0.314 e. The molecule has 1 N–H and O–H groups in total. The Bertz CT molecular complexity index is 368. The third-order valence-corrected chi connectivity index (χ3v) is 4.02. The topological polar surface area (TPSA) is 12.0 Å². The molecule has 3 atom stereocenters. The van der Waals surface area contributed by atoms with Crippen molar-refractivity contribution in [3.05, 3.63) is 35.1 Å². The normalized spacial score (nSPS) is 28.6. The standard InChI is InChI=1S/C15H22FN/c1-4-17-15-6-5-14(11(15)3)12-7-10(2)8-13(16)9-12/h7-9,11,14-15,17H,4-6H2,1-3H3. The Morgan fingerprint density at radius 2 is 2.06 bits per heavy atom. The summed E-state index contributed by atoms with van der Waals surface area (Å²) in [6.45, 7) is 7.41. The summed E-state index contributed by atoms with van der Waals surface area (Å²) in [4.78, 5) is 0. The predicted molar refractivity (Wildman–Crippen MR) is 69.7 cm³/mol. The molecule has 0 aliphatic heterocycles. The van der Waals surface area contributed by atoms with Crippen LogP contribution in [-0.4, -0.2) is 12.6 Å². The van der Waals surface area contributed by atoms with Gasteiger partial charge in [0.05, 0.1) is 0 Å². The maximum Gasteiger partial charge on any atom is 0.123 e. The molecular weight excluding hydrogens is 213 g/mol. The number of nitrogens with one attached hydrogen (secondary N) is 1. The predicted octanol–water partition coefficient (Wildman–Crippen LogP) is 3.63. The van der Waals surface area contributed by atoms with Gasteiger partial charge in [-0.2, -0.15) is 0 Å². The average Bonchev–Trinajstić information content (AvgIpc) is 2.60. The Morgan fingerprint density at radius 1 is 1.29 bits per heavy atom. The van der Waals surface area contributed by atoms with Crippen LogP contribution in [0.3, 0.4) is 0 Å². The summed E-state index contributed by atoms with van der Waals surface area (Å²) in [7, 11) is 0. The Kier molecular flexibility index (Phi) is 3.82. The van der Waals surface area contributed by atoms with Gasteiger partial charge in [-0.05, 0) is 61.4 Å². The SMILES string of the molecule is CCNC1CCC(c2cc(C)cc(F)c2)C1C. The number of hydrogen-bond donors (Lipinski definition) is 1. The third kappa shape index (κ3) is 2.68. The van der Waals surface area contributed by atoms with E-state index in [0.29, 0.717) is 17.9 Å². The van der Waals surface area contributed by atoms with E-state index in [1.54, 1.807) is 12.1 Å². The second kappa shape index (κ2) is 5.18. The minimum atomic E-state index is -0.0981. The highest BCUT2D eigenvalue weighted by molar-refractivity contribution is 5.28. The van der Waals surface area contributed by atoms with Crippen molar-refractivity contribution in [2.45, 2.75) is 45.6 Å². The monoisotopic (exact) mass is 235 g/mol. The van der Waals surface area contributed by atoms with Crippen LogP contribution in [0.1, 0.15) is 43.7 Å². The van der Waals surface area contributed by atoms with Gasteiger partial charge in [0.1, 0.15) is 5.82 Å². The molecule has 17 heavy (non-hydrogen) atoms. The maximum atomic E-state index is 13.4. The van der Waals surface area contributed by atoms with Crippen molar-refractivity contribution in [3.63, 3.8) is 0 Å². The first kappa shape index (κ1) is 12.6. The van der Waals surface area contributed by atoms with Gasteiger partial charge in [-0.1, -0.05) is 19.9 Å². The van der Waals surface area contributed by atoms with E-state index < -0.39 is 0 Å². The Hall–Kier alpha value is -0.890. The lowest BCUT2D eigenvalue weighted by molar-refractivity contribution is 0.411. The van der Waals surface area contributed by atoms with Crippen LogP contribution in [0.15, 0.2) is 18.2 Å². The second-order valence-corrected chi connectivity index (χ2v) is 5.27. The quantitative estimate of drug-likeness (QED) is 0.843. The van der Waals surface area contributed by atoms with Crippen LogP contribution < -0.4 is 5.32 Å². The molecule has 0 saturated heterocycles. The van der Waals surface area contributed by atoms with Crippen molar-refractivity contribution in [2.75, 3.05) is 6.54 Å². The van der Waals surface area contributed by atoms with E-state index in [-0.39, 0.29) is 5.82 Å². The molecule has 1 aliphatic rings. The number of rotatable bonds is 3. The van der Waals surface area contributed by atoms with E-state index in [4.69, 9.17) is 0 Å². The van der Waals surface area contributed by atoms with Gasteiger partial charge >= 0.3 is 0 Å². The van der Waals surface area contributed by atoms with Crippen molar-refractivity contribution >= 4 is 0 Å². The summed E-state index contributed by atoms with van der Waals surface area (Å²) >= 11 is 0. The molecule has 0 heterocycles. The molecule has 0 spiro atoms. The molecule has 2 heteroatoms. The first-order chi connectivity index (χ1) is 8.11. The van der Waals surface area contributed by atoms with Crippen LogP contribution in [0.2, 0.25) is 0 Å². The molecule has 3 unspecified atom stereocenters. The highest BCUT2D eigenvalue weighted by atomic mass is 19.1. The number of aryl methyl sites for hydroxylation is 1. The zero-order valence-corrected chi connectivity index (χ0v) is 11.0. The number of hydrogen-bond acceptors (Lipinski definition) is 1. The van der Waals surface area contributed by atoms with Crippen LogP contribution in [0.25, 0.3) is 0 Å². The zero-order valence-electron chi connectivity index (χ0n) is 11.0. The van der Waals surface area contributed by atoms with Crippen molar-refractivity contribution in [1.29, 1.82) is 0 Å². The number of benzene rings is 1. The van der Waals surface area contributed by atoms with Gasteiger partial charge in [0.25, 0.3) is 0 Å². The highest BCUT2D eigenvalue weighted by Gasteiger charge is 2.33. The molecule has 1 fully saturated rings. The molecular formula is C15H22FN. The fourth-order valence-electron chi connectivity index (χ4n) is 3.16. The molecule has 0 bridgehead atoms. The molecule has 1 aromatic rings. The lowest BCUT2D eigenvalue weighted by Crippen LogP contribution is -2.32. The van der Waals surface area contributed by atoms with Gasteiger partial charge in [-0.15, -0.1) is 0 Å². The van der Waals surface area contributed by atoms with Gasteiger partial charge in [0, 0.05) is 6.04 Å². The van der Waals surface area contributed by atoms with Crippen LogP contribution in [0.5, 0.6) is 0 Å². The molecule has 0 amide bonds. The summed E-state index contributed by atoms with van der Waals surface area (Å²) in [6.07, 6.45) is 2.37. The van der Waals surface area contributed by atoms with E-state index in [2.05, 4.69) is 25.2 Å². The molecule has 0 aromatic heterocycles. The second-order valence-electron chi connectivity index (χ2n) is 5.27. The van der Waals surface area contributed by atoms with E-state index in [9.17, 15) is 4.39 Å². The summed E-state index contributed by atoms with van der Waals surface area (Å²) in [5.74, 6) is 1.00. The lowest BCUT2D eigenvalue weighted by Gasteiger charge is -2.22. The first-order valence-corrected chi connectivity index (χ1v) is 6.62. The van der Waals surface area contributed by atoms with Gasteiger partial charge < -0.3 is 5.32 Å². The molecule has 1 nitrogen and oxygen atoms in total. The first-order valence-electron chi connectivity index (χ1n) is 6.62. The van der Waals surface area contributed by atoms with Crippen LogP contribution in [0.4, 0.5) is 4.39 Å². The molecule has 0 radical (unpaired) electrons. The van der Waals surface area contributed by atoms with Crippen molar-refractivity contribution in [2.24, 2.45) is 5.92 Å². The molecule has 94 valence electrons. The summed E-state index contributed by atoms with van der Waals surface area (Å²) in [6, 6.07) is 6.04. The number of halogens is 1. The molecule has 1 aliphatic carbocycles. The molecule has 2 rings (SSSR count). The van der Waals surface area contributed by atoms with Gasteiger partial charge in [-0.25, -0.2) is 4.39 Å². The fourth-order valence-corrected chi connectivity index (χ4v) is 3.16. The highest BCUT2D eigenvalue weighted by Crippen LogP contribution is 2.39. The molecule has 1 aromatic carbocycles. The van der Waals surface area contributed by atoms with E-state index >= 15 is 0 Å². The Labute approximate surface area is 103 Å². The van der Waals surface area contributed by atoms with Gasteiger partial charge in [0.2, 0.25) is 0 Å². The van der Waals surface area contributed by atoms with Gasteiger partial charge in [-0.3, -0.25) is 0 Å². The summed E-state index contributed by atoms with van der Waals surface area (Å²) in [5, 5.41) is 3.53. The van der Waals surface area contributed by atoms with Crippen LogP contribution in [-0.2, 0) is 0 Å². The summed E-state index contributed by atoms with van der Waals surface area (Å²) in [5.41, 5.74) is 2.20. The Morgan fingerprint density at radius 3 is 2.71 bits per heavy atom. The van der Waals surface area contributed by atoms with E-state index in [1.807, 2.05) is 6.92 Å². The van der Waals surface area contributed by atoms with Crippen LogP contribution in [0, 0.1) is 18.7 Å². The van der Waals surface area contributed by atoms with Crippen molar-refractivity contribution in [3.8, 4) is 0 Å². The van der Waals surface area contributed by atoms with Gasteiger partial charge in [0.15, 0.2) is 0 Å². The minimum absolute atomic E-state index is 0.0981. The minimum Gasteiger partial charge on any atom is -0.314 e. The van der Waals surface area contributed by atoms with Crippen molar-refractivity contribution < 1.29 is 4.39 Å². The van der Waals surface area contributed by atoms with E-state index in [1.165, 1.54) is 18.4 Å². The zero-order chi connectivity index (χ0) is 12.4. The smallest absolute Gasteiger partial charge is 0.123 e. The van der Waals surface area contributed by atoms with Crippen LogP contribution >= 0.6 is 0 Å². The third-order valence-electron chi connectivity index (χ3n) is 4.02. The molecule has 1 saturated carbocycles. The van der Waals surface area contributed by atoms with Crippen molar-refractivity contribution in [1.82, 2.24) is 5.32 Å². The Balaban J connectivity index is 2.18. The maximum absolute atomic E-state index is 13.4. The summed E-state index contributed by atoms with van der Waals surface area (Å²) < 4.78 is 13.4. The lowest BCUT2D eigenvalue weighted by atomic mass is 9.88. The van der Waals surface area contributed by atoms with E-state index in [0.717, 1.165) is 12.1 Å².